The van der Waals surface area contributed by atoms with Gasteiger partial charge in [-0.1, -0.05) is 0 Å². The number of nitrogens with zero attached hydrogens (tertiary/aromatic N) is 1. The van der Waals surface area contributed by atoms with Gasteiger partial charge in [-0.05, 0) is 19.9 Å². The fourth-order valence-corrected chi connectivity index (χ4v) is 2.47. The molecule has 0 saturated carbocycles. The van der Waals surface area contributed by atoms with E-state index in [-0.39, 0.29) is 5.69 Å². The summed E-state index contributed by atoms with van der Waals surface area (Å²) < 4.78 is 23.8. The number of rotatable bonds is 5. The van der Waals surface area contributed by atoms with Crippen LogP contribution >= 0.6 is 0 Å². The van der Waals surface area contributed by atoms with Gasteiger partial charge in [0.1, 0.15) is 6.23 Å². The minimum atomic E-state index is -4.13. The Morgan fingerprint density at radius 3 is 2.32 bits per heavy atom. The minimum Gasteiger partial charge on any atom is -0.377 e. The predicted octanol–water partition coefficient (Wildman–Crippen LogP) is 0.457. The van der Waals surface area contributed by atoms with Crippen LogP contribution in [0.4, 0.5) is 11.4 Å². The summed E-state index contributed by atoms with van der Waals surface area (Å²) in [6, 6.07) is 3.11. The Balaban J connectivity index is 3.47. The zero-order valence-electron chi connectivity index (χ0n) is 10.3. The normalized spacial score (nSPS) is 14.7. The third kappa shape index (κ3) is 3.40. The highest BCUT2D eigenvalue weighted by molar-refractivity contribution is 7.92. The predicted molar refractivity (Wildman–Crippen MR) is 67.3 cm³/mol. The van der Waals surface area contributed by atoms with E-state index in [0.29, 0.717) is 0 Å². The molecule has 0 spiro atoms. The molecule has 0 aliphatic carbocycles. The molecule has 1 rings (SSSR count). The maximum absolute atomic E-state index is 11.9. The van der Waals surface area contributed by atoms with E-state index in [1.165, 1.54) is 13.0 Å². The van der Waals surface area contributed by atoms with Gasteiger partial charge in [-0.3, -0.25) is 10.1 Å². The van der Waals surface area contributed by atoms with E-state index in [2.05, 4.69) is 5.32 Å². The highest BCUT2D eigenvalue weighted by Gasteiger charge is 2.27. The van der Waals surface area contributed by atoms with Gasteiger partial charge in [0.15, 0.2) is 5.44 Å². The van der Waals surface area contributed by atoms with Gasteiger partial charge >= 0.3 is 0 Å². The molecular formula is C10H14N2O6S. The number of nitro benzene ring substituents is 1. The van der Waals surface area contributed by atoms with Crippen molar-refractivity contribution in [2.24, 2.45) is 0 Å². The van der Waals surface area contributed by atoms with Crippen LogP contribution in [-0.2, 0) is 9.84 Å². The molecule has 0 bridgehead atoms. The van der Waals surface area contributed by atoms with Crippen LogP contribution in [0.2, 0.25) is 0 Å². The van der Waals surface area contributed by atoms with Crippen LogP contribution < -0.4 is 5.32 Å². The van der Waals surface area contributed by atoms with E-state index in [4.69, 9.17) is 0 Å². The molecule has 0 radical (unpaired) electrons. The monoisotopic (exact) mass is 290 g/mol. The van der Waals surface area contributed by atoms with Crippen molar-refractivity contribution in [3.8, 4) is 0 Å². The first kappa shape index (κ1) is 15.3. The number of non-ortho nitro benzene ring substituents is 1. The van der Waals surface area contributed by atoms with Crippen LogP contribution in [0, 0.1) is 10.1 Å². The number of nitro groups is 1. The van der Waals surface area contributed by atoms with Crippen LogP contribution in [0.15, 0.2) is 23.1 Å². The molecular weight excluding hydrogens is 276 g/mol. The Morgan fingerprint density at radius 1 is 1.32 bits per heavy atom. The summed E-state index contributed by atoms with van der Waals surface area (Å²) in [5.41, 5.74) is -2.15. The largest absolute Gasteiger partial charge is 0.377 e. The molecule has 1 aromatic carbocycles. The van der Waals surface area contributed by atoms with Crippen molar-refractivity contribution in [1.29, 1.82) is 0 Å². The summed E-state index contributed by atoms with van der Waals surface area (Å²) >= 11 is 0. The molecule has 0 heterocycles. The lowest BCUT2D eigenvalue weighted by Gasteiger charge is -2.15. The molecule has 0 aromatic heterocycles. The van der Waals surface area contributed by atoms with Gasteiger partial charge in [0.05, 0.1) is 15.5 Å². The van der Waals surface area contributed by atoms with Gasteiger partial charge in [-0.25, -0.2) is 8.42 Å². The molecule has 0 aliphatic heterocycles. The van der Waals surface area contributed by atoms with Crippen LogP contribution in [0.25, 0.3) is 0 Å². The Labute approximate surface area is 109 Å². The van der Waals surface area contributed by atoms with Crippen LogP contribution in [0.5, 0.6) is 0 Å². The Morgan fingerprint density at radius 2 is 1.89 bits per heavy atom. The minimum absolute atomic E-state index is 0.0125. The number of hydrogen-bond donors (Lipinski definition) is 3. The van der Waals surface area contributed by atoms with Gasteiger partial charge < -0.3 is 15.5 Å². The Kier molecular flexibility index (Phi) is 4.45. The SMILES string of the molecule is CC(O)Nc1ccc([N+](=O)[O-])cc1S(=O)(=O)C(C)O. The highest BCUT2D eigenvalue weighted by Crippen LogP contribution is 2.29. The molecule has 0 saturated heterocycles. The molecule has 9 heteroatoms. The second-order valence-electron chi connectivity index (χ2n) is 3.90. The summed E-state index contributed by atoms with van der Waals surface area (Å²) in [6.07, 6.45) is -1.05. The highest BCUT2D eigenvalue weighted by atomic mass is 32.2. The van der Waals surface area contributed by atoms with E-state index >= 15 is 0 Å². The van der Waals surface area contributed by atoms with Crippen molar-refractivity contribution in [1.82, 2.24) is 0 Å². The lowest BCUT2D eigenvalue weighted by molar-refractivity contribution is -0.385. The number of aliphatic hydroxyl groups is 2. The number of anilines is 1. The first-order valence-electron chi connectivity index (χ1n) is 5.31. The molecule has 0 aliphatic rings. The summed E-state index contributed by atoms with van der Waals surface area (Å²) in [7, 11) is -4.13. The summed E-state index contributed by atoms with van der Waals surface area (Å²) in [6.45, 7) is 2.40. The molecule has 19 heavy (non-hydrogen) atoms. The van der Waals surface area contributed by atoms with E-state index < -0.39 is 37.0 Å². The average Bonchev–Trinajstić information content (AvgIpc) is 2.27. The van der Waals surface area contributed by atoms with Crippen LogP contribution in [0.1, 0.15) is 13.8 Å². The van der Waals surface area contributed by atoms with Crippen molar-refractivity contribution in [2.45, 2.75) is 30.4 Å². The summed E-state index contributed by atoms with van der Waals surface area (Å²) in [5, 5.41) is 31.6. The molecule has 2 atom stereocenters. The second kappa shape index (κ2) is 5.51. The summed E-state index contributed by atoms with van der Waals surface area (Å²) in [5.74, 6) is 0. The maximum Gasteiger partial charge on any atom is 0.270 e. The molecule has 106 valence electrons. The third-order valence-corrected chi connectivity index (χ3v) is 4.14. The fraction of sp³-hybridized carbons (Fsp3) is 0.400. The van der Waals surface area contributed by atoms with Gasteiger partial charge in [0, 0.05) is 12.1 Å². The molecule has 3 N–H and O–H groups in total. The van der Waals surface area contributed by atoms with Gasteiger partial charge in [0.25, 0.3) is 5.69 Å². The van der Waals surface area contributed by atoms with Gasteiger partial charge in [-0.15, -0.1) is 0 Å². The van der Waals surface area contributed by atoms with Gasteiger partial charge in [-0.2, -0.15) is 0 Å². The topological polar surface area (TPSA) is 130 Å². The Bertz CT molecular complexity index is 582. The van der Waals surface area contributed by atoms with Gasteiger partial charge in [0.2, 0.25) is 9.84 Å². The van der Waals surface area contributed by atoms with Crippen molar-refractivity contribution in [2.75, 3.05) is 5.32 Å². The first-order chi connectivity index (χ1) is 8.66. The number of nitrogens with one attached hydrogen (secondary N) is 1. The first-order valence-corrected chi connectivity index (χ1v) is 6.86. The molecule has 0 fully saturated rings. The Hall–Kier alpha value is -1.71. The van der Waals surface area contributed by atoms with Crippen molar-refractivity contribution < 1.29 is 23.6 Å². The zero-order valence-corrected chi connectivity index (χ0v) is 11.1. The van der Waals surface area contributed by atoms with Crippen LogP contribution in [-0.4, -0.2) is 35.2 Å². The number of sulfone groups is 1. The third-order valence-electron chi connectivity index (χ3n) is 2.30. The van der Waals surface area contributed by atoms with E-state index in [9.17, 15) is 28.7 Å². The van der Waals surface area contributed by atoms with Crippen molar-refractivity contribution in [3.63, 3.8) is 0 Å². The van der Waals surface area contributed by atoms with Crippen molar-refractivity contribution >= 4 is 21.2 Å². The molecule has 2 unspecified atom stereocenters. The molecule has 8 nitrogen and oxygen atoms in total. The number of benzene rings is 1. The lowest BCUT2D eigenvalue weighted by atomic mass is 10.3. The average molecular weight is 290 g/mol. The smallest absolute Gasteiger partial charge is 0.270 e. The molecule has 0 amide bonds. The van der Waals surface area contributed by atoms with Crippen LogP contribution in [0.3, 0.4) is 0 Å². The van der Waals surface area contributed by atoms with E-state index in [1.54, 1.807) is 0 Å². The van der Waals surface area contributed by atoms with Crippen molar-refractivity contribution in [3.05, 3.63) is 28.3 Å². The van der Waals surface area contributed by atoms with E-state index in [1.807, 2.05) is 0 Å². The maximum atomic E-state index is 11.9. The second-order valence-corrected chi connectivity index (χ2v) is 6.11. The quantitative estimate of drug-likeness (QED) is 0.408. The number of hydrogen-bond acceptors (Lipinski definition) is 7. The summed E-state index contributed by atoms with van der Waals surface area (Å²) in [4.78, 5) is 9.49. The molecule has 1 aromatic rings. The van der Waals surface area contributed by atoms with E-state index in [0.717, 1.165) is 19.1 Å². The fourth-order valence-electron chi connectivity index (χ4n) is 1.39. The standard InChI is InChI=1S/C10H14N2O6S/c1-6(13)11-9-4-3-8(12(15)16)5-10(9)19(17,18)7(2)14/h3-7,11,13-14H,1-2H3. The number of aliphatic hydroxyl groups excluding tert-OH is 2. The lowest BCUT2D eigenvalue weighted by Crippen LogP contribution is -2.21. The zero-order chi connectivity index (χ0) is 14.8.